The largest absolute Gasteiger partial charge is 0.497 e. The lowest BCUT2D eigenvalue weighted by Gasteiger charge is -2.22. The third kappa shape index (κ3) is 1.26. The Hall–Kier alpha value is -1.81. The average molecular weight is 242 g/mol. The Morgan fingerprint density at radius 3 is 3.11 bits per heavy atom. The Bertz CT molecular complexity index is 656. The molecule has 0 saturated carbocycles. The molecule has 4 heteroatoms. The molecule has 0 aliphatic carbocycles. The van der Waals surface area contributed by atoms with E-state index >= 15 is 0 Å². The van der Waals surface area contributed by atoms with Crippen molar-refractivity contribution in [2.75, 3.05) is 26.7 Å². The van der Waals surface area contributed by atoms with Crippen LogP contribution >= 0.6 is 0 Å². The second-order valence-corrected chi connectivity index (χ2v) is 4.94. The van der Waals surface area contributed by atoms with Crippen LogP contribution in [0, 0.1) is 0 Å². The van der Waals surface area contributed by atoms with Crippen molar-refractivity contribution >= 4 is 16.7 Å². The Morgan fingerprint density at radius 2 is 2.22 bits per heavy atom. The number of quaternary nitrogens is 1. The maximum atomic E-state index is 5.30. The normalized spacial score (nSPS) is 21.6. The van der Waals surface area contributed by atoms with Gasteiger partial charge in [-0.2, -0.15) is 0 Å². The van der Waals surface area contributed by atoms with Gasteiger partial charge in [0.05, 0.1) is 20.2 Å². The number of nitrogens with zero attached hydrogens (tertiary/aromatic N) is 2. The number of hydrogen-bond acceptors (Lipinski definition) is 2. The zero-order valence-corrected chi connectivity index (χ0v) is 10.4. The summed E-state index contributed by atoms with van der Waals surface area (Å²) >= 11 is 0. The molecule has 1 aromatic heterocycles. The summed E-state index contributed by atoms with van der Waals surface area (Å²) in [6.07, 6.45) is 0. The molecule has 1 N–H and O–H groups in total. The molecular formula is C14H16N3O+. The number of methoxy groups -OCH3 is 1. The van der Waals surface area contributed by atoms with Gasteiger partial charge in [0.25, 0.3) is 0 Å². The van der Waals surface area contributed by atoms with Crippen molar-refractivity contribution in [3.63, 3.8) is 0 Å². The number of benzene rings is 1. The molecule has 92 valence electrons. The van der Waals surface area contributed by atoms with Crippen molar-refractivity contribution in [3.8, 4) is 5.75 Å². The first kappa shape index (κ1) is 10.1. The monoisotopic (exact) mass is 242 g/mol. The van der Waals surface area contributed by atoms with Gasteiger partial charge in [-0.05, 0) is 24.3 Å². The molecule has 4 nitrogen and oxygen atoms in total. The van der Waals surface area contributed by atoms with Gasteiger partial charge in [0.1, 0.15) is 24.5 Å². The molecule has 1 aromatic carbocycles. The number of fused-ring (bicyclic) bond motifs is 5. The van der Waals surface area contributed by atoms with Gasteiger partial charge in [0.15, 0.2) is 0 Å². The summed E-state index contributed by atoms with van der Waals surface area (Å²) in [6.45, 7) is 4.36. The number of hydrogen-bond donors (Lipinski definition) is 1. The van der Waals surface area contributed by atoms with Crippen LogP contribution in [0.4, 0.5) is 0 Å². The highest BCUT2D eigenvalue weighted by atomic mass is 16.5. The summed E-state index contributed by atoms with van der Waals surface area (Å²) in [5.74, 6) is 2.17. The highest BCUT2D eigenvalue weighted by Crippen LogP contribution is 2.25. The Labute approximate surface area is 105 Å². The van der Waals surface area contributed by atoms with Crippen LogP contribution < -0.4 is 9.64 Å². The van der Waals surface area contributed by atoms with E-state index in [-0.39, 0.29) is 0 Å². The smallest absolute Gasteiger partial charge is 0.245 e. The van der Waals surface area contributed by atoms with Crippen molar-refractivity contribution in [3.05, 3.63) is 30.0 Å². The predicted molar refractivity (Wildman–Crippen MR) is 70.6 cm³/mol. The molecule has 1 atom stereocenters. The Kier molecular flexibility index (Phi) is 2.02. The van der Waals surface area contributed by atoms with Gasteiger partial charge in [-0.3, -0.25) is 4.90 Å². The van der Waals surface area contributed by atoms with Crippen LogP contribution in [0.15, 0.2) is 29.3 Å². The number of ether oxygens (including phenoxy) is 1. The number of aliphatic imine (C=N–C) groups is 1. The van der Waals surface area contributed by atoms with E-state index < -0.39 is 0 Å². The number of aromatic nitrogens is 1. The van der Waals surface area contributed by atoms with Crippen molar-refractivity contribution < 1.29 is 9.64 Å². The molecular weight excluding hydrogens is 226 g/mol. The van der Waals surface area contributed by atoms with Crippen molar-refractivity contribution in [1.82, 2.24) is 4.57 Å². The van der Waals surface area contributed by atoms with Gasteiger partial charge in [0.2, 0.25) is 5.84 Å². The first-order valence-corrected chi connectivity index (χ1v) is 6.44. The third-order valence-electron chi connectivity index (χ3n) is 4.01. The van der Waals surface area contributed by atoms with E-state index in [9.17, 15) is 0 Å². The molecule has 2 aliphatic heterocycles. The van der Waals surface area contributed by atoms with Crippen LogP contribution in [0.5, 0.6) is 5.75 Å². The minimum Gasteiger partial charge on any atom is -0.497 e. The maximum Gasteiger partial charge on any atom is 0.245 e. The predicted octanol–water partition coefficient (Wildman–Crippen LogP) is 0.309. The van der Waals surface area contributed by atoms with Crippen LogP contribution in [0.3, 0.4) is 0 Å². The fourth-order valence-corrected chi connectivity index (χ4v) is 3.10. The summed E-state index contributed by atoms with van der Waals surface area (Å²) in [6, 6.07) is 8.54. The molecule has 0 saturated heterocycles. The molecule has 2 aromatic rings. The molecule has 3 heterocycles. The molecule has 0 amide bonds. The van der Waals surface area contributed by atoms with Gasteiger partial charge in [0, 0.05) is 10.9 Å². The second kappa shape index (κ2) is 3.59. The molecule has 2 aliphatic rings. The molecule has 0 radical (unpaired) electrons. The van der Waals surface area contributed by atoms with Crippen molar-refractivity contribution in [1.29, 1.82) is 0 Å². The summed E-state index contributed by atoms with van der Waals surface area (Å²) in [4.78, 5) is 6.20. The van der Waals surface area contributed by atoms with E-state index in [2.05, 4.69) is 27.8 Å². The number of nitrogens with one attached hydrogen (secondary N) is 1. The minimum atomic E-state index is 0.919. The van der Waals surface area contributed by atoms with Crippen LogP contribution in [-0.4, -0.2) is 37.1 Å². The van der Waals surface area contributed by atoms with Gasteiger partial charge in [-0.25, -0.2) is 4.99 Å². The molecule has 18 heavy (non-hydrogen) atoms. The number of rotatable bonds is 1. The fraction of sp³-hybridized carbons (Fsp3) is 0.357. The van der Waals surface area contributed by atoms with Crippen LogP contribution in [0.1, 0.15) is 5.69 Å². The summed E-state index contributed by atoms with van der Waals surface area (Å²) < 4.78 is 7.69. The van der Waals surface area contributed by atoms with E-state index in [0.717, 1.165) is 31.9 Å². The molecule has 0 fully saturated rings. The fourth-order valence-electron chi connectivity index (χ4n) is 3.10. The standard InChI is InChI=1S/C14H15N3O/c1-18-11-2-3-12-10(8-11)9-13-14-15-4-5-16(14)6-7-17(12)13/h2-3,8-9H,4-7H2,1H3/p+1. The highest BCUT2D eigenvalue weighted by Gasteiger charge is 2.32. The zero-order valence-electron chi connectivity index (χ0n) is 10.4. The summed E-state index contributed by atoms with van der Waals surface area (Å²) in [5.41, 5.74) is 2.58. The van der Waals surface area contributed by atoms with Crippen LogP contribution in [0.25, 0.3) is 10.9 Å². The van der Waals surface area contributed by atoms with Crippen LogP contribution in [-0.2, 0) is 6.54 Å². The first-order chi connectivity index (χ1) is 8.86. The number of amidine groups is 1. The molecule has 0 bridgehead atoms. The van der Waals surface area contributed by atoms with Crippen LogP contribution in [0.2, 0.25) is 0 Å². The van der Waals surface area contributed by atoms with Gasteiger partial charge in [-0.1, -0.05) is 0 Å². The van der Waals surface area contributed by atoms with E-state index in [0.29, 0.717) is 0 Å². The third-order valence-corrected chi connectivity index (χ3v) is 4.01. The van der Waals surface area contributed by atoms with Crippen molar-refractivity contribution in [2.45, 2.75) is 6.54 Å². The molecule has 4 rings (SSSR count). The lowest BCUT2D eigenvalue weighted by Crippen LogP contribution is -3.14. The minimum absolute atomic E-state index is 0.919. The van der Waals surface area contributed by atoms with Gasteiger partial charge < -0.3 is 9.30 Å². The quantitative estimate of drug-likeness (QED) is 0.766. The Balaban J connectivity index is 1.95. The van der Waals surface area contributed by atoms with Crippen molar-refractivity contribution in [2.24, 2.45) is 4.99 Å². The van der Waals surface area contributed by atoms with E-state index in [1.165, 1.54) is 27.3 Å². The zero-order chi connectivity index (χ0) is 12.1. The topological polar surface area (TPSA) is 31.0 Å². The molecule has 0 spiro atoms. The van der Waals surface area contributed by atoms with Gasteiger partial charge >= 0.3 is 0 Å². The van der Waals surface area contributed by atoms with Gasteiger partial charge in [-0.15, -0.1) is 0 Å². The summed E-state index contributed by atoms with van der Waals surface area (Å²) in [7, 11) is 1.71. The highest BCUT2D eigenvalue weighted by molar-refractivity contribution is 5.98. The second-order valence-electron chi connectivity index (χ2n) is 4.94. The Morgan fingerprint density at radius 1 is 1.28 bits per heavy atom. The van der Waals surface area contributed by atoms with E-state index in [1.807, 2.05) is 6.07 Å². The lowest BCUT2D eigenvalue weighted by molar-refractivity contribution is -0.800. The lowest BCUT2D eigenvalue weighted by atomic mass is 10.2. The van der Waals surface area contributed by atoms with E-state index in [4.69, 9.17) is 4.74 Å². The molecule has 1 unspecified atom stereocenters. The SMILES string of the molecule is COc1ccc2c(c1)cc1n2CC[NH+]2CCN=C12. The average Bonchev–Trinajstić information content (AvgIpc) is 3.00. The summed E-state index contributed by atoms with van der Waals surface area (Å²) in [5, 5.41) is 1.25. The van der Waals surface area contributed by atoms with E-state index in [1.54, 1.807) is 7.11 Å². The maximum absolute atomic E-state index is 5.30. The first-order valence-electron chi connectivity index (χ1n) is 6.44.